The predicted octanol–water partition coefficient (Wildman–Crippen LogP) is 3.63. The maximum atomic E-state index is 13.3. The first-order chi connectivity index (χ1) is 17.5. The summed E-state index contributed by atoms with van der Waals surface area (Å²) in [6, 6.07) is 13.6. The minimum atomic E-state index is -0.717. The van der Waals surface area contributed by atoms with Crippen LogP contribution in [0.15, 0.2) is 54.1 Å². The standard InChI is InChI=1S/C28H34N2O6/c1-3-35-22-10-5-8-20(18-22)25-24(26(31)21-9-6-11-23(19-21)36-4-2)27(32)28(33)30(25)13-7-12-29-14-16-34-17-15-29/h5-6,8-11,18-19,25,31H,3-4,7,12-17H2,1-2H3/b26-24+. The van der Waals surface area contributed by atoms with Crippen LogP contribution in [0.2, 0.25) is 0 Å². The third kappa shape index (κ3) is 5.71. The highest BCUT2D eigenvalue weighted by Gasteiger charge is 2.46. The number of ether oxygens (including phenoxy) is 3. The SMILES string of the molecule is CCOc1cccc(/C(O)=C2\C(=O)C(=O)N(CCCN3CCOCC3)C2c2cccc(OCC)c2)c1. The number of Topliss-reactive ketones (excluding diaryl/α,β-unsaturated/α-hetero) is 1. The third-order valence-electron chi connectivity index (χ3n) is 6.42. The maximum Gasteiger partial charge on any atom is 0.295 e. The second-order valence-corrected chi connectivity index (χ2v) is 8.77. The van der Waals surface area contributed by atoms with E-state index in [4.69, 9.17) is 14.2 Å². The van der Waals surface area contributed by atoms with E-state index >= 15 is 0 Å². The zero-order chi connectivity index (χ0) is 25.5. The van der Waals surface area contributed by atoms with E-state index in [1.54, 1.807) is 29.2 Å². The maximum absolute atomic E-state index is 13.3. The van der Waals surface area contributed by atoms with Crippen molar-refractivity contribution in [2.75, 3.05) is 52.6 Å². The number of aliphatic hydroxyl groups excluding tert-OH is 1. The van der Waals surface area contributed by atoms with E-state index in [-0.39, 0.29) is 11.3 Å². The normalized spacial score (nSPS) is 20.1. The number of carbonyl (C=O) groups is 2. The van der Waals surface area contributed by atoms with Gasteiger partial charge in [0.25, 0.3) is 11.7 Å². The Hall–Kier alpha value is -3.36. The van der Waals surface area contributed by atoms with Gasteiger partial charge in [-0.1, -0.05) is 24.3 Å². The summed E-state index contributed by atoms with van der Waals surface area (Å²) in [5.41, 5.74) is 1.22. The molecule has 0 aliphatic carbocycles. The molecule has 0 spiro atoms. The van der Waals surface area contributed by atoms with Crippen molar-refractivity contribution in [1.82, 2.24) is 9.80 Å². The number of benzene rings is 2. The molecule has 1 unspecified atom stereocenters. The van der Waals surface area contributed by atoms with Crippen LogP contribution in [0.3, 0.4) is 0 Å². The summed E-state index contributed by atoms with van der Waals surface area (Å²) < 4.78 is 16.7. The monoisotopic (exact) mass is 494 g/mol. The largest absolute Gasteiger partial charge is 0.507 e. The first-order valence-electron chi connectivity index (χ1n) is 12.6. The molecule has 192 valence electrons. The first kappa shape index (κ1) is 25.7. The van der Waals surface area contributed by atoms with Crippen LogP contribution in [0.25, 0.3) is 5.76 Å². The van der Waals surface area contributed by atoms with Crippen molar-refractivity contribution in [2.24, 2.45) is 0 Å². The third-order valence-corrected chi connectivity index (χ3v) is 6.42. The molecule has 2 aromatic rings. The molecule has 0 saturated carbocycles. The van der Waals surface area contributed by atoms with E-state index in [0.717, 1.165) is 19.6 Å². The van der Waals surface area contributed by atoms with Gasteiger partial charge in [-0.3, -0.25) is 14.5 Å². The average molecular weight is 495 g/mol. The molecule has 1 N–H and O–H groups in total. The van der Waals surface area contributed by atoms with Gasteiger partial charge in [-0.15, -0.1) is 0 Å². The molecule has 8 nitrogen and oxygen atoms in total. The van der Waals surface area contributed by atoms with E-state index in [1.807, 2.05) is 38.1 Å². The van der Waals surface area contributed by atoms with Crippen LogP contribution >= 0.6 is 0 Å². The van der Waals surface area contributed by atoms with E-state index < -0.39 is 17.7 Å². The Morgan fingerprint density at radius 3 is 2.33 bits per heavy atom. The van der Waals surface area contributed by atoms with Crippen molar-refractivity contribution in [3.8, 4) is 11.5 Å². The van der Waals surface area contributed by atoms with Crippen LogP contribution in [0, 0.1) is 0 Å². The van der Waals surface area contributed by atoms with E-state index in [1.165, 1.54) is 0 Å². The van der Waals surface area contributed by atoms with Crippen LogP contribution in [0.4, 0.5) is 0 Å². The lowest BCUT2D eigenvalue weighted by molar-refractivity contribution is -0.140. The van der Waals surface area contributed by atoms with Gasteiger partial charge in [-0.2, -0.15) is 0 Å². The molecule has 2 aliphatic rings. The summed E-state index contributed by atoms with van der Waals surface area (Å²) in [7, 11) is 0. The molecule has 2 heterocycles. The number of hydrogen-bond acceptors (Lipinski definition) is 7. The Bertz CT molecular complexity index is 1110. The molecule has 4 rings (SSSR count). The lowest BCUT2D eigenvalue weighted by atomic mass is 9.95. The summed E-state index contributed by atoms with van der Waals surface area (Å²) in [5.74, 6) is -0.278. The Labute approximate surface area is 212 Å². The van der Waals surface area contributed by atoms with Crippen molar-refractivity contribution in [2.45, 2.75) is 26.3 Å². The fourth-order valence-corrected chi connectivity index (χ4v) is 4.74. The molecule has 1 atom stereocenters. The van der Waals surface area contributed by atoms with E-state index in [2.05, 4.69) is 4.90 Å². The molecule has 2 aliphatic heterocycles. The topological polar surface area (TPSA) is 88.5 Å². The number of amides is 1. The number of carbonyl (C=O) groups excluding carboxylic acids is 2. The second-order valence-electron chi connectivity index (χ2n) is 8.77. The van der Waals surface area contributed by atoms with E-state index in [9.17, 15) is 14.7 Å². The molecule has 2 saturated heterocycles. The van der Waals surface area contributed by atoms with Gasteiger partial charge in [0.15, 0.2) is 0 Å². The number of rotatable bonds is 10. The van der Waals surface area contributed by atoms with Crippen LogP contribution in [-0.2, 0) is 14.3 Å². The predicted molar refractivity (Wildman–Crippen MR) is 136 cm³/mol. The minimum absolute atomic E-state index is 0.0775. The molecule has 2 aromatic carbocycles. The zero-order valence-corrected chi connectivity index (χ0v) is 20.9. The highest BCUT2D eigenvalue weighted by atomic mass is 16.5. The van der Waals surface area contributed by atoms with Crippen molar-refractivity contribution >= 4 is 17.4 Å². The van der Waals surface area contributed by atoms with Crippen LogP contribution < -0.4 is 9.47 Å². The summed E-state index contributed by atoms with van der Waals surface area (Å²) in [6.45, 7) is 9.05. The van der Waals surface area contributed by atoms with Gasteiger partial charge in [-0.25, -0.2) is 0 Å². The van der Waals surface area contributed by atoms with Crippen LogP contribution in [0.1, 0.15) is 37.4 Å². The number of ketones is 1. The second kappa shape index (κ2) is 12.1. The smallest absolute Gasteiger partial charge is 0.295 e. The van der Waals surface area contributed by atoms with Gasteiger partial charge < -0.3 is 24.2 Å². The fourth-order valence-electron chi connectivity index (χ4n) is 4.74. The van der Waals surface area contributed by atoms with Gasteiger partial charge in [0, 0.05) is 31.7 Å². The molecule has 2 fully saturated rings. The lowest BCUT2D eigenvalue weighted by Crippen LogP contribution is -2.38. The molecule has 0 radical (unpaired) electrons. The highest BCUT2D eigenvalue weighted by Crippen LogP contribution is 2.40. The Morgan fingerprint density at radius 2 is 1.64 bits per heavy atom. The minimum Gasteiger partial charge on any atom is -0.507 e. The Balaban J connectivity index is 1.70. The summed E-state index contributed by atoms with van der Waals surface area (Å²) in [5, 5.41) is 11.3. The molecule has 0 bridgehead atoms. The highest BCUT2D eigenvalue weighted by molar-refractivity contribution is 6.46. The van der Waals surface area contributed by atoms with E-state index in [0.29, 0.717) is 62.0 Å². The lowest BCUT2D eigenvalue weighted by Gasteiger charge is -2.29. The van der Waals surface area contributed by atoms with Crippen molar-refractivity contribution < 1.29 is 28.9 Å². The Kier molecular flexibility index (Phi) is 8.61. The zero-order valence-electron chi connectivity index (χ0n) is 20.9. The van der Waals surface area contributed by atoms with Crippen LogP contribution in [-0.4, -0.2) is 79.2 Å². The molecule has 8 heteroatoms. The number of nitrogens with zero attached hydrogens (tertiary/aromatic N) is 2. The van der Waals surface area contributed by atoms with Gasteiger partial charge in [0.2, 0.25) is 0 Å². The summed E-state index contributed by atoms with van der Waals surface area (Å²) in [6.07, 6.45) is 0.703. The van der Waals surface area contributed by atoms with Crippen molar-refractivity contribution in [3.05, 3.63) is 65.2 Å². The fraction of sp³-hybridized carbons (Fsp3) is 0.429. The van der Waals surface area contributed by atoms with Crippen molar-refractivity contribution in [3.63, 3.8) is 0 Å². The number of aliphatic hydroxyl groups is 1. The number of likely N-dealkylation sites (tertiary alicyclic amines) is 1. The molecular weight excluding hydrogens is 460 g/mol. The quantitative estimate of drug-likeness (QED) is 0.307. The van der Waals surface area contributed by atoms with Gasteiger partial charge in [0.1, 0.15) is 17.3 Å². The summed E-state index contributed by atoms with van der Waals surface area (Å²) in [4.78, 5) is 30.4. The Morgan fingerprint density at radius 1 is 0.972 bits per heavy atom. The van der Waals surface area contributed by atoms with Gasteiger partial charge in [0.05, 0.1) is 38.0 Å². The number of hydrogen-bond donors (Lipinski definition) is 1. The van der Waals surface area contributed by atoms with Crippen LogP contribution in [0.5, 0.6) is 11.5 Å². The summed E-state index contributed by atoms with van der Waals surface area (Å²) >= 11 is 0. The molecule has 0 aromatic heterocycles. The first-order valence-corrected chi connectivity index (χ1v) is 12.6. The molecular formula is C28H34N2O6. The van der Waals surface area contributed by atoms with Gasteiger partial charge >= 0.3 is 0 Å². The van der Waals surface area contributed by atoms with Gasteiger partial charge in [-0.05, 0) is 50.1 Å². The average Bonchev–Trinajstić information content (AvgIpc) is 3.15. The van der Waals surface area contributed by atoms with Crippen molar-refractivity contribution in [1.29, 1.82) is 0 Å². The number of morpholine rings is 1. The molecule has 1 amide bonds. The molecule has 36 heavy (non-hydrogen) atoms.